The van der Waals surface area contributed by atoms with E-state index in [-0.39, 0.29) is 17.8 Å². The second-order valence-corrected chi connectivity index (χ2v) is 5.71. The largest absolute Gasteiger partial charge is 0.507 e. The Morgan fingerprint density at radius 1 is 1.36 bits per heavy atom. The van der Waals surface area contributed by atoms with Gasteiger partial charge in [-0.1, -0.05) is 0 Å². The Morgan fingerprint density at radius 3 is 2.82 bits per heavy atom. The van der Waals surface area contributed by atoms with E-state index in [0.717, 1.165) is 32.5 Å². The van der Waals surface area contributed by atoms with Gasteiger partial charge < -0.3 is 19.5 Å². The van der Waals surface area contributed by atoms with Crippen LogP contribution in [0.3, 0.4) is 0 Å². The van der Waals surface area contributed by atoms with Crippen LogP contribution in [-0.4, -0.2) is 48.3 Å². The van der Waals surface area contributed by atoms with Crippen molar-refractivity contribution in [2.45, 2.75) is 25.4 Å². The van der Waals surface area contributed by atoms with E-state index in [9.17, 15) is 9.90 Å². The van der Waals surface area contributed by atoms with E-state index in [1.807, 2.05) is 4.90 Å². The van der Waals surface area contributed by atoms with E-state index in [1.165, 1.54) is 12.5 Å². The Kier molecular flexibility index (Phi) is 4.63. The monoisotopic (exact) mass is 303 g/mol. The maximum atomic E-state index is 12.1. The molecular weight excluding hydrogens is 282 g/mol. The Bertz CT molecular complexity index is 560. The highest BCUT2D eigenvalue weighted by Crippen LogP contribution is 2.25. The predicted octanol–water partition coefficient (Wildman–Crippen LogP) is 2.20. The van der Waals surface area contributed by atoms with Gasteiger partial charge in [-0.3, -0.25) is 4.79 Å². The fourth-order valence-corrected chi connectivity index (χ4v) is 2.49. The predicted molar refractivity (Wildman–Crippen MR) is 82.8 cm³/mol. The minimum absolute atomic E-state index is 0.00492. The van der Waals surface area contributed by atoms with E-state index in [0.29, 0.717) is 17.9 Å². The van der Waals surface area contributed by atoms with Crippen LogP contribution in [0.1, 0.15) is 24.8 Å². The first kappa shape index (κ1) is 14.9. The third kappa shape index (κ3) is 4.01. The number of ether oxygens (including phenoxy) is 2. The summed E-state index contributed by atoms with van der Waals surface area (Å²) in [5, 5.41) is 10.0. The third-order valence-corrected chi connectivity index (χ3v) is 3.91. The molecule has 0 saturated carbocycles. The van der Waals surface area contributed by atoms with Gasteiger partial charge in [0.1, 0.15) is 24.2 Å². The van der Waals surface area contributed by atoms with Gasteiger partial charge in [-0.05, 0) is 37.5 Å². The summed E-state index contributed by atoms with van der Waals surface area (Å²) in [6.45, 7) is 2.89. The Hall–Kier alpha value is -2.01. The van der Waals surface area contributed by atoms with Gasteiger partial charge in [0.05, 0.1) is 6.61 Å². The molecule has 2 fully saturated rings. The second kappa shape index (κ2) is 6.83. The van der Waals surface area contributed by atoms with Gasteiger partial charge in [0.25, 0.3) is 0 Å². The average Bonchev–Trinajstić information content (AvgIpc) is 3.37. The van der Waals surface area contributed by atoms with Gasteiger partial charge in [0, 0.05) is 30.8 Å². The third-order valence-electron chi connectivity index (χ3n) is 3.91. The van der Waals surface area contributed by atoms with Crippen molar-refractivity contribution in [2.24, 2.45) is 0 Å². The molecule has 0 aromatic heterocycles. The summed E-state index contributed by atoms with van der Waals surface area (Å²) in [5.74, 6) is 0.717. The number of piperidine rings is 1. The van der Waals surface area contributed by atoms with Gasteiger partial charge in [-0.25, -0.2) is 0 Å². The summed E-state index contributed by atoms with van der Waals surface area (Å²) in [6.07, 6.45) is 6.70. The zero-order valence-electron chi connectivity index (χ0n) is 12.5. The van der Waals surface area contributed by atoms with Crippen molar-refractivity contribution in [3.8, 4) is 11.5 Å². The minimum Gasteiger partial charge on any atom is -0.507 e. The van der Waals surface area contributed by atoms with E-state index >= 15 is 0 Å². The number of rotatable bonds is 5. The van der Waals surface area contributed by atoms with E-state index in [4.69, 9.17) is 9.47 Å². The van der Waals surface area contributed by atoms with E-state index in [1.54, 1.807) is 24.3 Å². The summed E-state index contributed by atoms with van der Waals surface area (Å²) in [7, 11) is 0. The maximum Gasteiger partial charge on any atom is 0.246 e. The number of carbonyl (C=O) groups is 1. The number of nitrogens with zero attached hydrogens (tertiary/aromatic N) is 1. The van der Waals surface area contributed by atoms with Crippen molar-refractivity contribution in [1.82, 2.24) is 4.90 Å². The van der Waals surface area contributed by atoms with Crippen molar-refractivity contribution in [1.29, 1.82) is 0 Å². The minimum atomic E-state index is 0.00492. The van der Waals surface area contributed by atoms with Crippen LogP contribution in [0.25, 0.3) is 6.08 Å². The van der Waals surface area contributed by atoms with Crippen molar-refractivity contribution in [3.63, 3.8) is 0 Å². The molecule has 5 heteroatoms. The van der Waals surface area contributed by atoms with Crippen LogP contribution in [-0.2, 0) is 9.53 Å². The lowest BCUT2D eigenvalue weighted by Gasteiger charge is -2.25. The molecule has 1 atom stereocenters. The highest BCUT2D eigenvalue weighted by Gasteiger charge is 2.23. The summed E-state index contributed by atoms with van der Waals surface area (Å²) >= 11 is 0. The number of likely N-dealkylation sites (tertiary alicyclic amines) is 1. The number of phenols is 1. The molecule has 5 nitrogen and oxygen atoms in total. The normalized spacial score (nSPS) is 21.1. The SMILES string of the molecule is O=C(C=Cc1ccc(OCC2CO2)cc1O)N1CCCCC1. The number of aromatic hydroxyl groups is 1. The molecule has 2 heterocycles. The first-order valence-electron chi connectivity index (χ1n) is 7.77. The molecule has 1 unspecified atom stereocenters. The molecule has 1 aromatic carbocycles. The Balaban J connectivity index is 1.58. The highest BCUT2D eigenvalue weighted by atomic mass is 16.6. The zero-order chi connectivity index (χ0) is 15.4. The van der Waals surface area contributed by atoms with Crippen LogP contribution in [0.4, 0.5) is 0 Å². The number of carbonyl (C=O) groups excluding carboxylic acids is 1. The molecule has 1 amide bonds. The van der Waals surface area contributed by atoms with Crippen LogP contribution >= 0.6 is 0 Å². The zero-order valence-corrected chi connectivity index (χ0v) is 12.5. The number of epoxide rings is 1. The van der Waals surface area contributed by atoms with E-state index < -0.39 is 0 Å². The van der Waals surface area contributed by atoms with Gasteiger partial charge in [-0.15, -0.1) is 0 Å². The molecule has 2 aliphatic rings. The van der Waals surface area contributed by atoms with Crippen LogP contribution in [0.2, 0.25) is 0 Å². The first-order valence-corrected chi connectivity index (χ1v) is 7.77. The fraction of sp³-hybridized carbons (Fsp3) is 0.471. The highest BCUT2D eigenvalue weighted by molar-refractivity contribution is 5.92. The number of hydrogen-bond donors (Lipinski definition) is 1. The Labute approximate surface area is 130 Å². The van der Waals surface area contributed by atoms with Crippen LogP contribution < -0.4 is 4.74 Å². The fourth-order valence-electron chi connectivity index (χ4n) is 2.49. The topological polar surface area (TPSA) is 62.3 Å². The lowest BCUT2D eigenvalue weighted by Crippen LogP contribution is -2.34. The molecule has 2 aliphatic heterocycles. The molecule has 22 heavy (non-hydrogen) atoms. The smallest absolute Gasteiger partial charge is 0.246 e. The summed E-state index contributed by atoms with van der Waals surface area (Å²) < 4.78 is 10.6. The molecular formula is C17H21NO4. The molecule has 0 bridgehead atoms. The quantitative estimate of drug-likeness (QED) is 0.669. The van der Waals surface area contributed by atoms with Crippen molar-refractivity contribution < 1.29 is 19.4 Å². The summed E-state index contributed by atoms with van der Waals surface area (Å²) in [5.41, 5.74) is 0.611. The van der Waals surface area contributed by atoms with Gasteiger partial charge in [-0.2, -0.15) is 0 Å². The summed E-state index contributed by atoms with van der Waals surface area (Å²) in [4.78, 5) is 13.9. The standard InChI is InChI=1S/C17H21NO4/c19-16-10-14(21-11-15-12-22-15)6-4-13(16)5-7-17(20)18-8-2-1-3-9-18/h4-7,10,15,19H,1-3,8-9,11-12H2. The molecule has 2 saturated heterocycles. The molecule has 0 spiro atoms. The first-order chi connectivity index (χ1) is 10.7. The average molecular weight is 303 g/mol. The molecule has 3 rings (SSSR count). The van der Waals surface area contributed by atoms with E-state index in [2.05, 4.69) is 0 Å². The van der Waals surface area contributed by atoms with Crippen molar-refractivity contribution in [2.75, 3.05) is 26.3 Å². The molecule has 1 N–H and O–H groups in total. The molecule has 0 aliphatic carbocycles. The van der Waals surface area contributed by atoms with Gasteiger partial charge >= 0.3 is 0 Å². The number of benzene rings is 1. The van der Waals surface area contributed by atoms with Crippen molar-refractivity contribution >= 4 is 12.0 Å². The van der Waals surface area contributed by atoms with Crippen LogP contribution in [0.15, 0.2) is 24.3 Å². The Morgan fingerprint density at radius 2 is 2.14 bits per heavy atom. The molecule has 0 radical (unpaired) electrons. The van der Waals surface area contributed by atoms with Gasteiger partial charge in [0.15, 0.2) is 0 Å². The number of hydrogen-bond acceptors (Lipinski definition) is 4. The molecule has 118 valence electrons. The lowest BCUT2D eigenvalue weighted by molar-refractivity contribution is -0.126. The van der Waals surface area contributed by atoms with Crippen LogP contribution in [0, 0.1) is 0 Å². The molecule has 1 aromatic rings. The summed E-state index contributed by atoms with van der Waals surface area (Å²) in [6, 6.07) is 5.10. The van der Waals surface area contributed by atoms with Crippen molar-refractivity contribution in [3.05, 3.63) is 29.8 Å². The van der Waals surface area contributed by atoms with Crippen LogP contribution in [0.5, 0.6) is 11.5 Å². The van der Waals surface area contributed by atoms with Gasteiger partial charge in [0.2, 0.25) is 5.91 Å². The lowest BCUT2D eigenvalue weighted by atomic mass is 10.1. The second-order valence-electron chi connectivity index (χ2n) is 5.71. The maximum absolute atomic E-state index is 12.1. The number of amides is 1. The number of phenolic OH excluding ortho intramolecular Hbond substituents is 1.